The van der Waals surface area contributed by atoms with Gasteiger partial charge in [0.15, 0.2) is 0 Å². The Balaban J connectivity index is 1.96. The van der Waals surface area contributed by atoms with Crippen LogP contribution in [0.2, 0.25) is 0 Å². The number of nitrogens with zero attached hydrogens (tertiary/aromatic N) is 1. The number of hydrogen-bond donors (Lipinski definition) is 1. The van der Waals surface area contributed by atoms with Crippen LogP contribution < -0.4 is 0 Å². The van der Waals surface area contributed by atoms with E-state index in [1.165, 1.54) is 25.7 Å². The van der Waals surface area contributed by atoms with E-state index < -0.39 is 0 Å². The number of aliphatic hydroxyl groups excluding tert-OH is 1. The average Bonchev–Trinajstić information content (AvgIpc) is 2.37. The van der Waals surface area contributed by atoms with Crippen LogP contribution >= 0.6 is 0 Å². The predicted molar refractivity (Wildman–Crippen MR) is 67.9 cm³/mol. The summed E-state index contributed by atoms with van der Waals surface area (Å²) in [6, 6.07) is 0.475. The molecule has 0 bridgehead atoms. The molecule has 0 aromatic carbocycles. The molecule has 2 aliphatic rings. The molecule has 2 atom stereocenters. The Morgan fingerprint density at radius 1 is 1.18 bits per heavy atom. The molecule has 0 spiro atoms. The van der Waals surface area contributed by atoms with Crippen LogP contribution in [-0.4, -0.2) is 41.5 Å². The van der Waals surface area contributed by atoms with Crippen molar-refractivity contribution in [2.75, 3.05) is 19.7 Å². The van der Waals surface area contributed by atoms with Gasteiger partial charge in [0.2, 0.25) is 0 Å². The molecule has 2 rings (SSSR count). The van der Waals surface area contributed by atoms with Crippen LogP contribution in [0.5, 0.6) is 0 Å². The standard InChI is InChI=1S/C14H25NO2/c16-11-5-10-15-9-4-3-7-13(15)12-6-1-2-8-14(12)17/h12-13,16H,1-11H2. The number of carbonyl (C=O) groups excluding carboxylic acids is 1. The molecular weight excluding hydrogens is 214 g/mol. The SMILES string of the molecule is O=C1CCCCC1C1CCCCN1CCCO. The summed E-state index contributed by atoms with van der Waals surface area (Å²) in [5.74, 6) is 0.792. The number of carbonyl (C=O) groups is 1. The van der Waals surface area contributed by atoms with Gasteiger partial charge in [-0.25, -0.2) is 0 Å². The van der Waals surface area contributed by atoms with Crippen LogP contribution in [-0.2, 0) is 4.79 Å². The molecule has 1 saturated heterocycles. The molecule has 1 aliphatic carbocycles. The molecule has 17 heavy (non-hydrogen) atoms. The van der Waals surface area contributed by atoms with E-state index in [2.05, 4.69) is 4.90 Å². The van der Waals surface area contributed by atoms with E-state index in [1.807, 2.05) is 0 Å². The van der Waals surface area contributed by atoms with Gasteiger partial charge in [-0.05, 0) is 38.6 Å². The number of hydrogen-bond acceptors (Lipinski definition) is 3. The molecule has 0 aromatic rings. The molecule has 1 aliphatic heterocycles. The van der Waals surface area contributed by atoms with E-state index in [0.717, 1.165) is 38.8 Å². The highest BCUT2D eigenvalue weighted by atomic mass is 16.3. The minimum atomic E-state index is 0.266. The van der Waals surface area contributed by atoms with Crippen molar-refractivity contribution in [3.05, 3.63) is 0 Å². The third-order valence-electron chi connectivity index (χ3n) is 4.33. The summed E-state index contributed by atoms with van der Waals surface area (Å²) in [6.45, 7) is 2.35. The Bertz CT molecular complexity index is 255. The molecule has 0 radical (unpaired) electrons. The monoisotopic (exact) mass is 239 g/mol. The van der Waals surface area contributed by atoms with Crippen molar-refractivity contribution >= 4 is 5.78 Å². The van der Waals surface area contributed by atoms with Crippen LogP contribution in [0.15, 0.2) is 0 Å². The summed E-state index contributed by atoms with van der Waals surface area (Å²) in [5.41, 5.74) is 0. The van der Waals surface area contributed by atoms with Gasteiger partial charge in [0.25, 0.3) is 0 Å². The minimum absolute atomic E-state index is 0.266. The van der Waals surface area contributed by atoms with Gasteiger partial charge in [-0.3, -0.25) is 9.69 Å². The Morgan fingerprint density at radius 2 is 2.00 bits per heavy atom. The topological polar surface area (TPSA) is 40.5 Å². The van der Waals surface area contributed by atoms with Crippen LogP contribution in [0.1, 0.15) is 51.4 Å². The van der Waals surface area contributed by atoms with E-state index >= 15 is 0 Å². The first-order valence-corrected chi connectivity index (χ1v) is 7.20. The van der Waals surface area contributed by atoms with Crippen LogP contribution in [0, 0.1) is 5.92 Å². The van der Waals surface area contributed by atoms with Crippen molar-refractivity contribution in [1.82, 2.24) is 4.90 Å². The molecule has 0 aromatic heterocycles. The summed E-state index contributed by atoms with van der Waals surface area (Å²) in [7, 11) is 0. The largest absolute Gasteiger partial charge is 0.396 e. The number of aliphatic hydroxyl groups is 1. The van der Waals surface area contributed by atoms with Gasteiger partial charge in [-0.2, -0.15) is 0 Å². The molecule has 1 heterocycles. The van der Waals surface area contributed by atoms with Gasteiger partial charge < -0.3 is 5.11 Å². The maximum Gasteiger partial charge on any atom is 0.137 e. The zero-order valence-electron chi connectivity index (χ0n) is 10.7. The number of likely N-dealkylation sites (tertiary alicyclic amines) is 1. The highest BCUT2D eigenvalue weighted by Crippen LogP contribution is 2.31. The molecule has 3 heteroatoms. The molecule has 2 unspecified atom stereocenters. The lowest BCUT2D eigenvalue weighted by atomic mass is 9.79. The molecule has 3 nitrogen and oxygen atoms in total. The lowest BCUT2D eigenvalue weighted by molar-refractivity contribution is -0.127. The van der Waals surface area contributed by atoms with Crippen LogP contribution in [0.25, 0.3) is 0 Å². The fraction of sp³-hybridized carbons (Fsp3) is 0.929. The third-order valence-corrected chi connectivity index (χ3v) is 4.33. The van der Waals surface area contributed by atoms with E-state index in [4.69, 9.17) is 5.11 Å². The number of rotatable bonds is 4. The normalized spacial score (nSPS) is 31.7. The Morgan fingerprint density at radius 3 is 2.76 bits per heavy atom. The third kappa shape index (κ3) is 3.29. The predicted octanol–water partition coefficient (Wildman–Crippen LogP) is 1.98. The lowest BCUT2D eigenvalue weighted by Crippen LogP contribution is -2.47. The summed E-state index contributed by atoms with van der Waals surface area (Å²) in [4.78, 5) is 14.5. The highest BCUT2D eigenvalue weighted by molar-refractivity contribution is 5.82. The maximum absolute atomic E-state index is 12.0. The van der Waals surface area contributed by atoms with Gasteiger partial charge >= 0.3 is 0 Å². The first-order valence-electron chi connectivity index (χ1n) is 7.20. The zero-order chi connectivity index (χ0) is 12.1. The molecular formula is C14H25NO2. The van der Waals surface area contributed by atoms with Crippen molar-refractivity contribution in [2.45, 2.75) is 57.4 Å². The number of piperidine rings is 1. The van der Waals surface area contributed by atoms with Crippen molar-refractivity contribution in [2.24, 2.45) is 5.92 Å². The summed E-state index contributed by atoms with van der Waals surface area (Å²) >= 11 is 0. The summed E-state index contributed by atoms with van der Waals surface area (Å²) < 4.78 is 0. The second-order valence-corrected chi connectivity index (χ2v) is 5.49. The van der Waals surface area contributed by atoms with E-state index in [9.17, 15) is 4.79 Å². The first kappa shape index (κ1) is 13.0. The lowest BCUT2D eigenvalue weighted by Gasteiger charge is -2.41. The van der Waals surface area contributed by atoms with Gasteiger partial charge in [0, 0.05) is 31.5 Å². The highest BCUT2D eigenvalue weighted by Gasteiger charge is 2.34. The van der Waals surface area contributed by atoms with E-state index in [0.29, 0.717) is 17.7 Å². The molecule has 98 valence electrons. The van der Waals surface area contributed by atoms with E-state index in [-0.39, 0.29) is 6.61 Å². The van der Waals surface area contributed by atoms with Gasteiger partial charge in [0.05, 0.1) is 0 Å². The fourth-order valence-electron chi connectivity index (χ4n) is 3.44. The average molecular weight is 239 g/mol. The second kappa shape index (κ2) is 6.50. The van der Waals surface area contributed by atoms with Crippen LogP contribution in [0.4, 0.5) is 0 Å². The quantitative estimate of drug-likeness (QED) is 0.815. The number of Topliss-reactive ketones (excluding diaryl/α,β-unsaturated/α-hetero) is 1. The Hall–Kier alpha value is -0.410. The molecule has 0 amide bonds. The Labute approximate surface area is 104 Å². The summed E-state index contributed by atoms with van der Waals surface area (Å²) in [5, 5.41) is 8.95. The van der Waals surface area contributed by atoms with Crippen molar-refractivity contribution in [3.8, 4) is 0 Å². The molecule has 1 saturated carbocycles. The summed E-state index contributed by atoms with van der Waals surface area (Å²) in [6.07, 6.45) is 8.76. The van der Waals surface area contributed by atoms with Gasteiger partial charge in [0.1, 0.15) is 5.78 Å². The van der Waals surface area contributed by atoms with Crippen molar-refractivity contribution in [3.63, 3.8) is 0 Å². The Kier molecular flexibility index (Phi) is 4.99. The fourth-order valence-corrected chi connectivity index (χ4v) is 3.44. The molecule has 1 N–H and O–H groups in total. The minimum Gasteiger partial charge on any atom is -0.396 e. The second-order valence-electron chi connectivity index (χ2n) is 5.49. The molecule has 2 fully saturated rings. The maximum atomic E-state index is 12.0. The number of ketones is 1. The van der Waals surface area contributed by atoms with Crippen molar-refractivity contribution < 1.29 is 9.90 Å². The zero-order valence-corrected chi connectivity index (χ0v) is 10.7. The smallest absolute Gasteiger partial charge is 0.137 e. The van der Waals surface area contributed by atoms with Gasteiger partial charge in [-0.1, -0.05) is 12.8 Å². The van der Waals surface area contributed by atoms with Crippen molar-refractivity contribution in [1.29, 1.82) is 0 Å². The van der Waals surface area contributed by atoms with E-state index in [1.54, 1.807) is 0 Å². The van der Waals surface area contributed by atoms with Crippen LogP contribution in [0.3, 0.4) is 0 Å². The van der Waals surface area contributed by atoms with Gasteiger partial charge in [-0.15, -0.1) is 0 Å². The first-order chi connectivity index (χ1) is 8.33.